The molecule has 1 N–H and O–H groups in total. The van der Waals surface area contributed by atoms with Gasteiger partial charge in [0.25, 0.3) is 10.2 Å². The number of benzene rings is 1. The van der Waals surface area contributed by atoms with Crippen LogP contribution in [0, 0.1) is 0 Å². The van der Waals surface area contributed by atoms with Gasteiger partial charge >= 0.3 is 0 Å². The molecule has 142 valence electrons. The first-order valence-electron chi connectivity index (χ1n) is 9.20. The third kappa shape index (κ3) is 6.04. The van der Waals surface area contributed by atoms with Gasteiger partial charge in [0, 0.05) is 38.8 Å². The first-order chi connectivity index (χ1) is 12.1. The van der Waals surface area contributed by atoms with E-state index in [9.17, 15) is 8.42 Å². The van der Waals surface area contributed by atoms with Crippen molar-refractivity contribution >= 4 is 10.2 Å². The molecule has 7 heteroatoms. The monoisotopic (exact) mass is 369 g/mol. The zero-order chi connectivity index (χ0) is 18.1. The molecular formula is C18H31N3O3S. The Balaban J connectivity index is 2.10. The molecule has 25 heavy (non-hydrogen) atoms. The molecule has 1 aromatic rings. The van der Waals surface area contributed by atoms with Crippen molar-refractivity contribution in [2.75, 3.05) is 45.9 Å². The van der Waals surface area contributed by atoms with E-state index in [1.807, 2.05) is 32.0 Å². The third-order valence-electron chi connectivity index (χ3n) is 4.42. The number of rotatable bonds is 10. The van der Waals surface area contributed by atoms with Gasteiger partial charge in [0.2, 0.25) is 0 Å². The van der Waals surface area contributed by atoms with E-state index in [1.54, 1.807) is 4.31 Å². The van der Waals surface area contributed by atoms with Gasteiger partial charge in [-0.3, -0.25) is 4.90 Å². The molecule has 0 amide bonds. The second kappa shape index (κ2) is 10.2. The predicted octanol–water partition coefficient (Wildman–Crippen LogP) is 2.02. The molecule has 1 unspecified atom stereocenters. The molecule has 1 fully saturated rings. The summed E-state index contributed by atoms with van der Waals surface area (Å²) < 4.78 is 35.2. The minimum Gasteiger partial charge on any atom is -0.379 e. The summed E-state index contributed by atoms with van der Waals surface area (Å²) in [5.74, 6) is 0. The molecule has 6 nitrogen and oxygen atoms in total. The summed E-state index contributed by atoms with van der Waals surface area (Å²) in [7, 11) is -3.46. The molecule has 0 aromatic heterocycles. The van der Waals surface area contributed by atoms with E-state index in [4.69, 9.17) is 4.74 Å². The SMILES string of the molecule is CCCN(CCC)S(=O)(=O)NCC(c1ccccc1)N1CCOCC1. The predicted molar refractivity (Wildman–Crippen MR) is 101 cm³/mol. The highest BCUT2D eigenvalue weighted by atomic mass is 32.2. The summed E-state index contributed by atoms with van der Waals surface area (Å²) in [5.41, 5.74) is 1.13. The van der Waals surface area contributed by atoms with Crippen LogP contribution in [0.3, 0.4) is 0 Å². The summed E-state index contributed by atoms with van der Waals surface area (Å²) >= 11 is 0. The molecular weight excluding hydrogens is 338 g/mol. The zero-order valence-corrected chi connectivity index (χ0v) is 16.2. The van der Waals surface area contributed by atoms with Crippen molar-refractivity contribution in [1.82, 2.24) is 13.9 Å². The van der Waals surface area contributed by atoms with E-state index in [2.05, 4.69) is 21.8 Å². The molecule has 1 aliphatic rings. The van der Waals surface area contributed by atoms with Crippen LogP contribution in [-0.2, 0) is 14.9 Å². The topological polar surface area (TPSA) is 61.9 Å². The first-order valence-corrected chi connectivity index (χ1v) is 10.6. The van der Waals surface area contributed by atoms with Crippen molar-refractivity contribution < 1.29 is 13.2 Å². The lowest BCUT2D eigenvalue weighted by molar-refractivity contribution is 0.0171. The molecule has 1 atom stereocenters. The van der Waals surface area contributed by atoms with Crippen LogP contribution in [0.25, 0.3) is 0 Å². The average Bonchev–Trinajstić information content (AvgIpc) is 2.63. The van der Waals surface area contributed by atoms with Gasteiger partial charge in [-0.2, -0.15) is 12.7 Å². The van der Waals surface area contributed by atoms with Crippen LogP contribution < -0.4 is 4.72 Å². The minimum absolute atomic E-state index is 0.0185. The van der Waals surface area contributed by atoms with Crippen molar-refractivity contribution in [3.05, 3.63) is 35.9 Å². The summed E-state index contributed by atoms with van der Waals surface area (Å²) in [6, 6.07) is 10.1. The van der Waals surface area contributed by atoms with Crippen molar-refractivity contribution in [2.24, 2.45) is 0 Å². The largest absolute Gasteiger partial charge is 0.379 e. The molecule has 1 saturated heterocycles. The van der Waals surface area contributed by atoms with Crippen LogP contribution in [0.5, 0.6) is 0 Å². The quantitative estimate of drug-likeness (QED) is 0.685. The molecule has 2 rings (SSSR count). The van der Waals surface area contributed by atoms with Crippen molar-refractivity contribution in [3.8, 4) is 0 Å². The number of nitrogens with one attached hydrogen (secondary N) is 1. The molecule has 1 aromatic carbocycles. The molecule has 0 radical (unpaired) electrons. The van der Waals surface area contributed by atoms with Crippen LogP contribution in [0.2, 0.25) is 0 Å². The Bertz CT molecular complexity index is 583. The number of ether oxygens (including phenoxy) is 1. The van der Waals surface area contributed by atoms with Gasteiger partial charge in [0.1, 0.15) is 0 Å². The summed E-state index contributed by atoms with van der Waals surface area (Å²) in [5, 5.41) is 0. The lowest BCUT2D eigenvalue weighted by Gasteiger charge is -2.35. The first kappa shape index (κ1) is 20.3. The molecule has 0 aliphatic carbocycles. The second-order valence-electron chi connectivity index (χ2n) is 6.33. The maximum atomic E-state index is 12.7. The lowest BCUT2D eigenvalue weighted by Crippen LogP contribution is -2.47. The van der Waals surface area contributed by atoms with Crippen molar-refractivity contribution in [2.45, 2.75) is 32.7 Å². The van der Waals surface area contributed by atoms with Gasteiger partial charge in [0.15, 0.2) is 0 Å². The highest BCUT2D eigenvalue weighted by molar-refractivity contribution is 7.87. The highest BCUT2D eigenvalue weighted by Crippen LogP contribution is 2.21. The van der Waals surface area contributed by atoms with E-state index < -0.39 is 10.2 Å². The van der Waals surface area contributed by atoms with E-state index in [0.29, 0.717) is 32.8 Å². The minimum atomic E-state index is -3.46. The van der Waals surface area contributed by atoms with Crippen molar-refractivity contribution in [1.29, 1.82) is 0 Å². The summed E-state index contributed by atoms with van der Waals surface area (Å²) in [4.78, 5) is 2.30. The summed E-state index contributed by atoms with van der Waals surface area (Å²) in [6.45, 7) is 8.48. The Kier molecular flexibility index (Phi) is 8.32. The van der Waals surface area contributed by atoms with Crippen LogP contribution in [0.1, 0.15) is 38.3 Å². The molecule has 1 aliphatic heterocycles. The van der Waals surface area contributed by atoms with Gasteiger partial charge in [-0.1, -0.05) is 44.2 Å². The Morgan fingerprint density at radius 1 is 1.12 bits per heavy atom. The third-order valence-corrected chi connectivity index (χ3v) is 5.99. The number of hydrogen-bond acceptors (Lipinski definition) is 4. The fraction of sp³-hybridized carbons (Fsp3) is 0.667. The molecule has 1 heterocycles. The van der Waals surface area contributed by atoms with Gasteiger partial charge in [-0.25, -0.2) is 4.72 Å². The molecule has 0 saturated carbocycles. The van der Waals surface area contributed by atoms with Gasteiger partial charge in [0.05, 0.1) is 13.2 Å². The highest BCUT2D eigenvalue weighted by Gasteiger charge is 2.26. The normalized spacial score (nSPS) is 17.7. The van der Waals surface area contributed by atoms with Crippen LogP contribution in [0.15, 0.2) is 30.3 Å². The fourth-order valence-electron chi connectivity index (χ4n) is 3.15. The Morgan fingerprint density at radius 2 is 1.72 bits per heavy atom. The van der Waals surface area contributed by atoms with E-state index in [0.717, 1.165) is 31.5 Å². The van der Waals surface area contributed by atoms with Crippen LogP contribution >= 0.6 is 0 Å². The maximum Gasteiger partial charge on any atom is 0.279 e. The van der Waals surface area contributed by atoms with E-state index in [1.165, 1.54) is 0 Å². The molecule has 0 spiro atoms. The lowest BCUT2D eigenvalue weighted by atomic mass is 10.1. The number of morpholine rings is 1. The van der Waals surface area contributed by atoms with Crippen LogP contribution in [0.4, 0.5) is 0 Å². The summed E-state index contributed by atoms with van der Waals surface area (Å²) in [6.07, 6.45) is 1.62. The van der Waals surface area contributed by atoms with E-state index >= 15 is 0 Å². The smallest absolute Gasteiger partial charge is 0.279 e. The number of nitrogens with zero attached hydrogens (tertiary/aromatic N) is 2. The zero-order valence-electron chi connectivity index (χ0n) is 15.4. The maximum absolute atomic E-state index is 12.7. The van der Waals surface area contributed by atoms with Gasteiger partial charge in [-0.05, 0) is 18.4 Å². The second-order valence-corrected chi connectivity index (χ2v) is 8.08. The average molecular weight is 370 g/mol. The standard InChI is InChI=1S/C18H31N3O3S/c1-3-10-21(11-4-2)25(22,23)19-16-18(17-8-6-5-7-9-17)20-12-14-24-15-13-20/h5-9,18-19H,3-4,10-16H2,1-2H3. The van der Waals surface area contributed by atoms with Gasteiger partial charge in [-0.15, -0.1) is 0 Å². The molecule has 0 bridgehead atoms. The van der Waals surface area contributed by atoms with Gasteiger partial charge < -0.3 is 4.74 Å². The Morgan fingerprint density at radius 3 is 2.28 bits per heavy atom. The number of hydrogen-bond donors (Lipinski definition) is 1. The van der Waals surface area contributed by atoms with Crippen molar-refractivity contribution in [3.63, 3.8) is 0 Å². The Hall–Kier alpha value is -0.990. The fourth-order valence-corrected chi connectivity index (χ4v) is 4.55. The van der Waals surface area contributed by atoms with E-state index in [-0.39, 0.29) is 6.04 Å². The van der Waals surface area contributed by atoms with Crippen LogP contribution in [-0.4, -0.2) is 63.6 Å². The Labute approximate surface area is 152 Å².